The Labute approximate surface area is 141 Å². The first-order valence-corrected chi connectivity index (χ1v) is 8.00. The van der Waals surface area contributed by atoms with Crippen molar-refractivity contribution in [3.05, 3.63) is 47.9 Å². The molecule has 0 spiro atoms. The van der Waals surface area contributed by atoms with Crippen LogP contribution in [0, 0.1) is 0 Å². The van der Waals surface area contributed by atoms with Crippen LogP contribution in [0.25, 0.3) is 17.4 Å². The highest BCUT2D eigenvalue weighted by Crippen LogP contribution is 2.26. The maximum atomic E-state index is 5.90. The molecule has 5 heteroatoms. The van der Waals surface area contributed by atoms with Crippen LogP contribution < -0.4 is 4.90 Å². The van der Waals surface area contributed by atoms with Gasteiger partial charge in [0.1, 0.15) is 16.5 Å². The van der Waals surface area contributed by atoms with E-state index in [9.17, 15) is 0 Å². The van der Waals surface area contributed by atoms with Gasteiger partial charge in [0.2, 0.25) is 0 Å². The fourth-order valence-corrected chi connectivity index (χ4v) is 2.70. The Bertz CT molecular complexity index is 732. The first-order chi connectivity index (χ1) is 11.1. The maximum absolute atomic E-state index is 5.90. The SMILES string of the molecule is CCN1COC(=Cc2ccc(-c3ccc(N(C)C)cc3)o2)C1=S. The van der Waals surface area contributed by atoms with Crippen molar-refractivity contribution in [3.63, 3.8) is 0 Å². The van der Waals surface area contributed by atoms with Gasteiger partial charge in [0.05, 0.1) is 0 Å². The van der Waals surface area contributed by atoms with E-state index in [0.717, 1.165) is 34.3 Å². The Morgan fingerprint density at radius 3 is 2.52 bits per heavy atom. The van der Waals surface area contributed by atoms with Gasteiger partial charge in [-0.05, 0) is 43.3 Å². The van der Waals surface area contributed by atoms with Crippen molar-refractivity contribution in [2.24, 2.45) is 0 Å². The molecule has 2 aromatic rings. The van der Waals surface area contributed by atoms with Crippen molar-refractivity contribution >= 4 is 29.0 Å². The largest absolute Gasteiger partial charge is 0.470 e. The first-order valence-electron chi connectivity index (χ1n) is 7.60. The Balaban J connectivity index is 1.79. The van der Waals surface area contributed by atoms with Gasteiger partial charge in [0.15, 0.2) is 12.5 Å². The van der Waals surface area contributed by atoms with Gasteiger partial charge in [-0.2, -0.15) is 0 Å². The summed E-state index contributed by atoms with van der Waals surface area (Å²) in [7, 11) is 4.05. The van der Waals surface area contributed by atoms with Gasteiger partial charge in [-0.3, -0.25) is 0 Å². The molecule has 1 aliphatic rings. The lowest BCUT2D eigenvalue weighted by molar-refractivity contribution is 0.184. The normalized spacial score (nSPS) is 16.0. The Kier molecular flexibility index (Phi) is 4.39. The molecule has 4 nitrogen and oxygen atoms in total. The highest BCUT2D eigenvalue weighted by atomic mass is 32.1. The van der Waals surface area contributed by atoms with Crippen LogP contribution in [0.2, 0.25) is 0 Å². The molecule has 1 saturated heterocycles. The molecule has 0 N–H and O–H groups in total. The molecular weight excluding hydrogens is 308 g/mol. The number of likely N-dealkylation sites (N-methyl/N-ethyl adjacent to an activating group) is 1. The molecule has 1 aromatic heterocycles. The summed E-state index contributed by atoms with van der Waals surface area (Å²) in [5, 5.41) is 0. The fraction of sp³-hybridized carbons (Fsp3) is 0.278. The summed E-state index contributed by atoms with van der Waals surface area (Å²) in [6, 6.07) is 12.2. The summed E-state index contributed by atoms with van der Waals surface area (Å²) < 4.78 is 11.5. The number of thiocarbonyl (C=S) groups is 1. The molecule has 0 bridgehead atoms. The van der Waals surface area contributed by atoms with E-state index >= 15 is 0 Å². The van der Waals surface area contributed by atoms with Crippen molar-refractivity contribution in [1.29, 1.82) is 0 Å². The molecule has 1 aromatic carbocycles. The van der Waals surface area contributed by atoms with E-state index in [1.165, 1.54) is 0 Å². The van der Waals surface area contributed by atoms with Gasteiger partial charge >= 0.3 is 0 Å². The van der Waals surface area contributed by atoms with Crippen molar-refractivity contribution in [2.75, 3.05) is 32.3 Å². The number of anilines is 1. The molecule has 0 saturated carbocycles. The minimum atomic E-state index is 0.515. The maximum Gasteiger partial charge on any atom is 0.162 e. The zero-order valence-electron chi connectivity index (χ0n) is 13.6. The quantitative estimate of drug-likeness (QED) is 0.625. The van der Waals surface area contributed by atoms with Crippen LogP contribution in [0.4, 0.5) is 5.69 Å². The van der Waals surface area contributed by atoms with Crippen molar-refractivity contribution in [1.82, 2.24) is 4.90 Å². The second kappa shape index (κ2) is 6.46. The third kappa shape index (κ3) is 3.24. The van der Waals surface area contributed by atoms with Crippen LogP contribution in [0.3, 0.4) is 0 Å². The van der Waals surface area contributed by atoms with Crippen LogP contribution >= 0.6 is 12.2 Å². The lowest BCUT2D eigenvalue weighted by atomic mass is 10.1. The van der Waals surface area contributed by atoms with Gasteiger partial charge in [-0.15, -0.1) is 0 Å². The topological polar surface area (TPSA) is 28.9 Å². The average molecular weight is 328 g/mol. The molecule has 2 heterocycles. The van der Waals surface area contributed by atoms with Gasteiger partial charge in [-0.1, -0.05) is 12.2 Å². The van der Waals surface area contributed by atoms with Crippen LogP contribution in [-0.4, -0.2) is 37.3 Å². The monoisotopic (exact) mass is 328 g/mol. The molecule has 0 unspecified atom stereocenters. The zero-order valence-corrected chi connectivity index (χ0v) is 14.4. The summed E-state index contributed by atoms with van der Waals surface area (Å²) in [6.45, 7) is 3.42. The van der Waals surface area contributed by atoms with Crippen molar-refractivity contribution < 1.29 is 9.15 Å². The molecule has 0 amide bonds. The van der Waals surface area contributed by atoms with Crippen molar-refractivity contribution in [3.8, 4) is 11.3 Å². The zero-order chi connectivity index (χ0) is 16.4. The molecule has 0 aliphatic carbocycles. The van der Waals surface area contributed by atoms with E-state index in [4.69, 9.17) is 21.4 Å². The molecule has 120 valence electrons. The van der Waals surface area contributed by atoms with E-state index in [0.29, 0.717) is 12.5 Å². The van der Waals surface area contributed by atoms with E-state index in [1.807, 2.05) is 37.2 Å². The number of ether oxygens (including phenoxy) is 1. The van der Waals surface area contributed by atoms with E-state index in [2.05, 4.69) is 36.1 Å². The van der Waals surface area contributed by atoms with Gasteiger partial charge in [0, 0.05) is 38.0 Å². The summed E-state index contributed by atoms with van der Waals surface area (Å²) in [6.07, 6.45) is 1.86. The lowest BCUT2D eigenvalue weighted by Crippen LogP contribution is -2.22. The minimum absolute atomic E-state index is 0.515. The number of hydrogen-bond donors (Lipinski definition) is 0. The molecule has 1 aliphatic heterocycles. The highest BCUT2D eigenvalue weighted by molar-refractivity contribution is 7.80. The second-order valence-corrected chi connectivity index (χ2v) is 5.97. The minimum Gasteiger partial charge on any atom is -0.470 e. The molecule has 23 heavy (non-hydrogen) atoms. The lowest BCUT2D eigenvalue weighted by Gasteiger charge is -2.12. The van der Waals surface area contributed by atoms with Gasteiger partial charge in [0.25, 0.3) is 0 Å². The van der Waals surface area contributed by atoms with Gasteiger partial charge < -0.3 is 19.0 Å². The summed E-state index contributed by atoms with van der Waals surface area (Å²) in [4.78, 5) is 4.81. The number of furan rings is 1. The van der Waals surface area contributed by atoms with Crippen LogP contribution in [0.15, 0.2) is 46.6 Å². The predicted octanol–water partition coefficient (Wildman–Crippen LogP) is 3.99. The standard InChI is InChI=1S/C18H20N2O2S/c1-4-20-12-21-17(18(20)23)11-15-9-10-16(22-15)13-5-7-14(8-6-13)19(2)3/h5-11H,4,12H2,1-3H3. The van der Waals surface area contributed by atoms with Gasteiger partial charge in [-0.25, -0.2) is 0 Å². The van der Waals surface area contributed by atoms with Crippen LogP contribution in [0.5, 0.6) is 0 Å². The number of rotatable bonds is 4. The van der Waals surface area contributed by atoms with Crippen LogP contribution in [-0.2, 0) is 4.74 Å². The Morgan fingerprint density at radius 2 is 1.91 bits per heavy atom. The third-order valence-electron chi connectivity index (χ3n) is 3.82. The molecular formula is C18H20N2O2S. The number of hydrogen-bond acceptors (Lipinski definition) is 4. The van der Waals surface area contributed by atoms with Crippen molar-refractivity contribution in [2.45, 2.75) is 6.92 Å². The average Bonchev–Trinajstić information content (AvgIpc) is 3.15. The first kappa shape index (κ1) is 15.6. The fourth-order valence-electron chi connectivity index (χ4n) is 2.40. The smallest absolute Gasteiger partial charge is 0.162 e. The molecule has 0 atom stereocenters. The predicted molar refractivity (Wildman–Crippen MR) is 97.4 cm³/mol. The molecule has 3 rings (SSSR count). The van der Waals surface area contributed by atoms with E-state index in [1.54, 1.807) is 0 Å². The Hall–Kier alpha value is -2.27. The third-order valence-corrected chi connectivity index (χ3v) is 4.28. The second-order valence-electron chi connectivity index (χ2n) is 5.59. The summed E-state index contributed by atoms with van der Waals surface area (Å²) in [5.74, 6) is 2.27. The summed E-state index contributed by atoms with van der Waals surface area (Å²) >= 11 is 5.39. The number of nitrogens with zero attached hydrogens (tertiary/aromatic N) is 2. The van der Waals surface area contributed by atoms with Crippen LogP contribution in [0.1, 0.15) is 12.7 Å². The highest BCUT2D eigenvalue weighted by Gasteiger charge is 2.22. The van der Waals surface area contributed by atoms with E-state index < -0.39 is 0 Å². The summed E-state index contributed by atoms with van der Waals surface area (Å²) in [5.41, 5.74) is 2.21. The number of benzene rings is 1. The van der Waals surface area contributed by atoms with E-state index in [-0.39, 0.29) is 0 Å². The molecule has 1 fully saturated rings. The Morgan fingerprint density at radius 1 is 1.17 bits per heavy atom. The molecule has 0 radical (unpaired) electrons.